The molecule has 6 heterocycles. The molecular formula is C50H80O23. The molecule has 0 amide bonds. The summed E-state index contributed by atoms with van der Waals surface area (Å²) in [5, 5.41) is 129. The van der Waals surface area contributed by atoms with E-state index in [4.69, 9.17) is 47.4 Å². The molecule has 0 aromatic rings. The van der Waals surface area contributed by atoms with E-state index >= 15 is 0 Å². The van der Waals surface area contributed by atoms with E-state index in [0.717, 1.165) is 32.1 Å². The standard InChI is InChI=1S/C50H80O23/c1-19-7-10-50(65-17-19)20(2)32-27(73-50)12-25-23-6-5-21-11-22(8-9-48(21,3)24(23)13-31(55)49(25,32)4)66-46-43(71-44-38(61)33(56)26(54)18-64-44)40(63)41(30(16-53)69-46)70-47-42(37(60)35(58)29(15-52)68-47)72-45-39(62)36(59)34(57)28(14-51)67-45/h19-30,32-47,51-54,56-63H,5-18H2,1-4H3. The zero-order valence-corrected chi connectivity index (χ0v) is 41.9. The first-order chi connectivity index (χ1) is 34.7. The van der Waals surface area contributed by atoms with Crippen LogP contribution < -0.4 is 0 Å². The minimum atomic E-state index is -1.97. The Hall–Kier alpha value is -1.21. The molecule has 4 saturated carbocycles. The van der Waals surface area contributed by atoms with Gasteiger partial charge >= 0.3 is 0 Å². The number of rotatable bonds is 11. The molecule has 23 nitrogen and oxygen atoms in total. The van der Waals surface area contributed by atoms with Gasteiger partial charge in [0.25, 0.3) is 0 Å². The van der Waals surface area contributed by atoms with Crippen molar-refractivity contribution in [3.05, 3.63) is 0 Å². The zero-order valence-electron chi connectivity index (χ0n) is 41.9. The number of aliphatic hydroxyl groups is 12. The lowest BCUT2D eigenvalue weighted by Gasteiger charge is -2.61. The molecule has 0 aromatic heterocycles. The fraction of sp³-hybridized carbons (Fsp3) is 0.980. The summed E-state index contributed by atoms with van der Waals surface area (Å²) in [6.45, 7) is 6.65. The van der Waals surface area contributed by atoms with Crippen LogP contribution in [0.4, 0.5) is 0 Å². The van der Waals surface area contributed by atoms with Gasteiger partial charge in [0.15, 0.2) is 30.9 Å². The smallest absolute Gasteiger partial charge is 0.187 e. The first-order valence-electron chi connectivity index (χ1n) is 26.7. The van der Waals surface area contributed by atoms with E-state index in [9.17, 15) is 66.1 Å². The van der Waals surface area contributed by atoms with Gasteiger partial charge in [-0.05, 0) is 80.0 Å². The molecular weight excluding hydrogens is 969 g/mol. The van der Waals surface area contributed by atoms with Crippen LogP contribution in [0, 0.1) is 52.3 Å². The van der Waals surface area contributed by atoms with E-state index in [2.05, 4.69) is 27.7 Å². The van der Waals surface area contributed by atoms with Crippen molar-refractivity contribution in [1.82, 2.24) is 0 Å². The number of ether oxygens (including phenoxy) is 10. The summed E-state index contributed by atoms with van der Waals surface area (Å²) in [7, 11) is 0. The number of hydrogen-bond acceptors (Lipinski definition) is 23. The average Bonchev–Trinajstić information content (AvgIpc) is 3.83. The maximum Gasteiger partial charge on any atom is 0.187 e. The molecule has 10 rings (SSSR count). The third-order valence-corrected chi connectivity index (χ3v) is 19.9. The molecule has 23 heteroatoms. The predicted octanol–water partition coefficient (Wildman–Crippen LogP) is -3.09. The fourth-order valence-corrected chi connectivity index (χ4v) is 15.5. The molecule has 73 heavy (non-hydrogen) atoms. The molecule has 10 fully saturated rings. The van der Waals surface area contributed by atoms with E-state index in [-0.39, 0.29) is 41.1 Å². The highest BCUT2D eigenvalue weighted by Crippen LogP contribution is 2.70. The van der Waals surface area contributed by atoms with E-state index in [1.807, 2.05) is 0 Å². The summed E-state index contributed by atoms with van der Waals surface area (Å²) in [6.07, 6.45) is -26.4. The van der Waals surface area contributed by atoms with Crippen molar-refractivity contribution in [1.29, 1.82) is 0 Å². The number of hydrogen-bond donors (Lipinski definition) is 12. The van der Waals surface area contributed by atoms with E-state index in [1.165, 1.54) is 0 Å². The molecule has 12 N–H and O–H groups in total. The Balaban J connectivity index is 0.860. The first kappa shape index (κ1) is 55.1. The molecule has 6 saturated heterocycles. The molecule has 6 aliphatic heterocycles. The highest BCUT2D eigenvalue weighted by molar-refractivity contribution is 5.87. The van der Waals surface area contributed by atoms with Crippen LogP contribution in [0.5, 0.6) is 0 Å². The van der Waals surface area contributed by atoms with Gasteiger partial charge in [-0.1, -0.05) is 27.7 Å². The Morgan fingerprint density at radius 1 is 0.589 bits per heavy atom. The van der Waals surface area contributed by atoms with Gasteiger partial charge in [-0.2, -0.15) is 0 Å². The minimum absolute atomic E-state index is 0.0311. The second-order valence-corrected chi connectivity index (χ2v) is 23.7. The quantitative estimate of drug-likeness (QED) is 0.0913. The lowest BCUT2D eigenvalue weighted by Crippen LogP contribution is -2.68. The third-order valence-electron chi connectivity index (χ3n) is 19.9. The minimum Gasteiger partial charge on any atom is -0.394 e. The van der Waals surface area contributed by atoms with Gasteiger partial charge in [-0.3, -0.25) is 4.79 Å². The van der Waals surface area contributed by atoms with Crippen LogP contribution in [0.15, 0.2) is 0 Å². The van der Waals surface area contributed by atoms with Crippen molar-refractivity contribution in [3.63, 3.8) is 0 Å². The van der Waals surface area contributed by atoms with Crippen molar-refractivity contribution >= 4 is 5.78 Å². The van der Waals surface area contributed by atoms with E-state index in [1.54, 1.807) is 0 Å². The normalized spacial score (nSPS) is 57.2. The van der Waals surface area contributed by atoms with Gasteiger partial charge in [0, 0.05) is 30.1 Å². The summed E-state index contributed by atoms with van der Waals surface area (Å²) in [5.41, 5.74) is -0.699. The number of Topliss-reactive ketones (excluding diaryl/α,β-unsaturated/α-hetero) is 1. The predicted molar refractivity (Wildman–Crippen MR) is 243 cm³/mol. The molecule has 1 spiro atoms. The largest absolute Gasteiger partial charge is 0.394 e. The lowest BCUT2D eigenvalue weighted by atomic mass is 9.44. The Labute approximate surface area is 423 Å². The second-order valence-electron chi connectivity index (χ2n) is 23.7. The van der Waals surface area contributed by atoms with Gasteiger partial charge in [-0.15, -0.1) is 0 Å². The maximum atomic E-state index is 14.8. The summed E-state index contributed by atoms with van der Waals surface area (Å²) in [5.74, 6) is 1.18. The first-order valence-corrected chi connectivity index (χ1v) is 26.7. The molecule has 4 aliphatic carbocycles. The van der Waals surface area contributed by atoms with Gasteiger partial charge in [0.05, 0.1) is 45.2 Å². The fourth-order valence-electron chi connectivity index (χ4n) is 15.5. The van der Waals surface area contributed by atoms with Crippen LogP contribution in [-0.2, 0) is 52.2 Å². The lowest BCUT2D eigenvalue weighted by molar-refractivity contribution is -0.400. The Kier molecular flexibility index (Phi) is 15.9. The highest BCUT2D eigenvalue weighted by Gasteiger charge is 2.72. The molecule has 418 valence electrons. The molecule has 31 unspecified atom stereocenters. The summed E-state index contributed by atoms with van der Waals surface area (Å²) in [6, 6.07) is 0. The summed E-state index contributed by atoms with van der Waals surface area (Å²) < 4.78 is 61.6. The second kappa shape index (κ2) is 21.1. The van der Waals surface area contributed by atoms with Crippen molar-refractivity contribution < 1.29 is 113 Å². The summed E-state index contributed by atoms with van der Waals surface area (Å²) in [4.78, 5) is 14.8. The molecule has 0 aromatic carbocycles. The van der Waals surface area contributed by atoms with Crippen LogP contribution in [0.1, 0.15) is 85.5 Å². The van der Waals surface area contributed by atoms with Crippen LogP contribution in [-0.4, -0.2) is 235 Å². The van der Waals surface area contributed by atoms with Crippen molar-refractivity contribution in [3.8, 4) is 0 Å². The number of aliphatic hydroxyl groups excluding tert-OH is 12. The van der Waals surface area contributed by atoms with Crippen molar-refractivity contribution in [2.75, 3.05) is 33.0 Å². The number of carbonyl (C=O) groups excluding carboxylic acids is 1. The van der Waals surface area contributed by atoms with Gasteiger partial charge in [0.1, 0.15) is 97.3 Å². The van der Waals surface area contributed by atoms with E-state index < -0.39 is 160 Å². The topological polar surface area (TPSA) is 352 Å². The zero-order chi connectivity index (χ0) is 52.2. The number of carbonyl (C=O) groups is 1. The van der Waals surface area contributed by atoms with Gasteiger partial charge < -0.3 is 109 Å². The van der Waals surface area contributed by atoms with Gasteiger partial charge in [-0.25, -0.2) is 0 Å². The Morgan fingerprint density at radius 3 is 1.89 bits per heavy atom. The number of fused-ring (bicyclic) bond motifs is 7. The van der Waals surface area contributed by atoms with Gasteiger partial charge in [0.2, 0.25) is 0 Å². The van der Waals surface area contributed by atoms with Crippen LogP contribution in [0.2, 0.25) is 0 Å². The molecule has 31 atom stereocenters. The average molecular weight is 1050 g/mol. The Morgan fingerprint density at radius 2 is 1.21 bits per heavy atom. The molecule has 0 bridgehead atoms. The summed E-state index contributed by atoms with van der Waals surface area (Å²) >= 11 is 0. The van der Waals surface area contributed by atoms with E-state index in [0.29, 0.717) is 49.9 Å². The number of ketones is 1. The van der Waals surface area contributed by atoms with Crippen LogP contribution >= 0.6 is 0 Å². The highest BCUT2D eigenvalue weighted by atomic mass is 16.8. The SMILES string of the molecule is CC1CCC2(OC1)OC1CC3C4CCC5CC(OC6OC(CO)C(OC7OC(CO)C(O)C(O)C7OC7OC(CO)C(O)C(O)C7O)C(O)C6OC6OCC(O)C(O)C6O)CCC5(C)C4CC(=O)C3(C)C1C2C. The molecule has 0 radical (unpaired) electrons. The maximum absolute atomic E-state index is 14.8. The van der Waals surface area contributed by atoms with Crippen LogP contribution in [0.25, 0.3) is 0 Å². The van der Waals surface area contributed by atoms with Crippen molar-refractivity contribution in [2.24, 2.45) is 52.3 Å². The monoisotopic (exact) mass is 1050 g/mol. The third kappa shape index (κ3) is 9.30. The Bertz CT molecular complexity index is 1910. The van der Waals surface area contributed by atoms with Crippen molar-refractivity contribution in [2.45, 2.75) is 220 Å². The van der Waals surface area contributed by atoms with Crippen LogP contribution in [0.3, 0.4) is 0 Å². The molecule has 10 aliphatic rings.